The first-order valence-electron chi connectivity index (χ1n) is 9.13. The first kappa shape index (κ1) is 17.7. The van der Waals surface area contributed by atoms with Gasteiger partial charge in [-0.1, -0.05) is 12.1 Å². The molecule has 0 saturated carbocycles. The first-order valence-corrected chi connectivity index (χ1v) is 9.13. The highest BCUT2D eigenvalue weighted by Gasteiger charge is 2.33. The van der Waals surface area contributed by atoms with E-state index >= 15 is 0 Å². The number of carbonyl (C=O) groups excluding carboxylic acids is 1. The van der Waals surface area contributed by atoms with Crippen LogP contribution in [0.3, 0.4) is 0 Å². The van der Waals surface area contributed by atoms with Crippen molar-refractivity contribution in [2.45, 2.75) is 25.8 Å². The summed E-state index contributed by atoms with van der Waals surface area (Å²) in [5.41, 5.74) is 4.45. The molecule has 2 aliphatic rings. The van der Waals surface area contributed by atoms with Crippen molar-refractivity contribution in [3.8, 4) is 17.2 Å². The number of nitrogens with zero attached hydrogens (tertiary/aromatic N) is 1. The maximum Gasteiger partial charge on any atom is 0.231 e. The third kappa shape index (κ3) is 3.32. The quantitative estimate of drug-likeness (QED) is 0.898. The number of fused-ring (bicyclic) bond motifs is 2. The topological polar surface area (TPSA) is 60.0 Å². The lowest BCUT2D eigenvalue weighted by Crippen LogP contribution is -2.33. The lowest BCUT2D eigenvalue weighted by Gasteiger charge is -2.36. The zero-order valence-electron chi connectivity index (χ0n) is 15.9. The molecule has 0 spiro atoms. The molecule has 2 aromatic rings. The summed E-state index contributed by atoms with van der Waals surface area (Å²) in [7, 11) is 3.83. The molecule has 6 heteroatoms. The molecule has 27 heavy (non-hydrogen) atoms. The highest BCUT2D eigenvalue weighted by molar-refractivity contribution is 5.88. The van der Waals surface area contributed by atoms with E-state index in [-0.39, 0.29) is 18.7 Å². The van der Waals surface area contributed by atoms with Gasteiger partial charge in [0.2, 0.25) is 18.4 Å². The molecule has 2 aliphatic heterocycles. The Morgan fingerprint density at radius 1 is 1.30 bits per heavy atom. The molecule has 6 nitrogen and oxygen atoms in total. The Kier molecular flexibility index (Phi) is 4.66. The number of methoxy groups -OCH3 is 1. The minimum Gasteiger partial charge on any atom is -0.492 e. The number of anilines is 1. The van der Waals surface area contributed by atoms with Gasteiger partial charge in [-0.2, -0.15) is 0 Å². The van der Waals surface area contributed by atoms with Gasteiger partial charge in [0.15, 0.2) is 11.5 Å². The van der Waals surface area contributed by atoms with Crippen molar-refractivity contribution >= 4 is 11.6 Å². The Labute approximate surface area is 159 Å². The van der Waals surface area contributed by atoms with Gasteiger partial charge < -0.3 is 19.5 Å². The summed E-state index contributed by atoms with van der Waals surface area (Å²) < 4.78 is 17.0. The van der Waals surface area contributed by atoms with Gasteiger partial charge in [0, 0.05) is 30.8 Å². The van der Waals surface area contributed by atoms with Crippen molar-refractivity contribution in [3.05, 3.63) is 47.0 Å². The van der Waals surface area contributed by atoms with E-state index in [1.165, 1.54) is 23.6 Å². The van der Waals surface area contributed by atoms with Gasteiger partial charge in [-0.3, -0.25) is 9.69 Å². The molecule has 2 aromatic carbocycles. The molecule has 0 saturated heterocycles. The van der Waals surface area contributed by atoms with Gasteiger partial charge in [0.25, 0.3) is 0 Å². The van der Waals surface area contributed by atoms with Crippen molar-refractivity contribution in [2.75, 3.05) is 32.8 Å². The molecule has 0 unspecified atom stereocenters. The molecule has 1 amide bonds. The van der Waals surface area contributed by atoms with Crippen LogP contribution in [-0.4, -0.2) is 38.3 Å². The van der Waals surface area contributed by atoms with Crippen molar-refractivity contribution < 1.29 is 19.0 Å². The van der Waals surface area contributed by atoms with Gasteiger partial charge in [-0.05, 0) is 49.2 Å². The third-order valence-electron chi connectivity index (χ3n) is 5.25. The van der Waals surface area contributed by atoms with Crippen LogP contribution >= 0.6 is 0 Å². The predicted octanol–water partition coefficient (Wildman–Crippen LogP) is 3.15. The Bertz CT molecular complexity index is 863. The Morgan fingerprint density at radius 2 is 2.07 bits per heavy atom. The zero-order valence-corrected chi connectivity index (χ0v) is 15.9. The summed E-state index contributed by atoms with van der Waals surface area (Å²) in [6, 6.07) is 10.3. The fourth-order valence-corrected chi connectivity index (χ4v) is 3.93. The molecule has 0 radical (unpaired) electrons. The minimum atomic E-state index is -0.0653. The van der Waals surface area contributed by atoms with Crippen LogP contribution in [0, 0.1) is 0 Å². The fraction of sp³-hybridized carbons (Fsp3) is 0.381. The second-order valence-electron chi connectivity index (χ2n) is 7.05. The fourth-order valence-electron chi connectivity index (χ4n) is 3.93. The van der Waals surface area contributed by atoms with E-state index < -0.39 is 0 Å². The number of likely N-dealkylation sites (N-methyl/N-ethyl adjacent to an activating group) is 1. The molecule has 4 rings (SSSR count). The number of nitrogens with one attached hydrogen (secondary N) is 1. The number of hydrogen-bond donors (Lipinski definition) is 1. The summed E-state index contributed by atoms with van der Waals surface area (Å²) in [5, 5.41) is 2.81. The Balaban J connectivity index is 1.67. The lowest BCUT2D eigenvalue weighted by atomic mass is 9.87. The zero-order chi connectivity index (χ0) is 19.0. The average molecular weight is 368 g/mol. The number of hydrogen-bond acceptors (Lipinski definition) is 5. The number of carbonyl (C=O) groups is 1. The summed E-state index contributed by atoms with van der Waals surface area (Å²) in [6.45, 7) is 2.72. The van der Waals surface area contributed by atoms with E-state index in [4.69, 9.17) is 14.2 Å². The van der Waals surface area contributed by atoms with E-state index in [1.54, 1.807) is 7.11 Å². The summed E-state index contributed by atoms with van der Waals surface area (Å²) in [6.07, 6.45) is 1.80. The largest absolute Gasteiger partial charge is 0.492 e. The number of benzene rings is 2. The standard InChI is InChI=1S/C21H24N2O4/c1-13(24)22-16-6-4-14(5-7-16)10-17-19-15(8-9-23(17)2)11-18-20(21(19)25-3)27-12-26-18/h4-7,11,17H,8-10,12H2,1-3H3,(H,22,24)/t17-/m1/s1. The smallest absolute Gasteiger partial charge is 0.231 e. The number of amides is 1. The molecule has 0 fully saturated rings. The van der Waals surface area contributed by atoms with Crippen LogP contribution in [0.5, 0.6) is 17.2 Å². The molecular formula is C21H24N2O4. The van der Waals surface area contributed by atoms with Gasteiger partial charge in [0.1, 0.15) is 0 Å². The summed E-state index contributed by atoms with van der Waals surface area (Å²) in [4.78, 5) is 13.6. The highest BCUT2D eigenvalue weighted by Crippen LogP contribution is 2.49. The maximum absolute atomic E-state index is 11.2. The second-order valence-corrected chi connectivity index (χ2v) is 7.05. The molecular weight excluding hydrogens is 344 g/mol. The van der Waals surface area contributed by atoms with Gasteiger partial charge in [-0.25, -0.2) is 0 Å². The Morgan fingerprint density at radius 3 is 2.78 bits per heavy atom. The molecule has 1 N–H and O–H groups in total. The van der Waals surface area contributed by atoms with Crippen molar-refractivity contribution in [1.82, 2.24) is 4.90 Å². The van der Waals surface area contributed by atoms with E-state index in [9.17, 15) is 4.79 Å². The molecule has 1 atom stereocenters. The van der Waals surface area contributed by atoms with Crippen LogP contribution in [0.4, 0.5) is 5.69 Å². The normalized spacial score (nSPS) is 18.1. The SMILES string of the molecule is COc1c2c(cc3c1[C@@H](Cc1ccc(NC(C)=O)cc1)N(C)CC3)OCO2. The van der Waals surface area contributed by atoms with E-state index in [1.807, 2.05) is 12.1 Å². The van der Waals surface area contributed by atoms with Crippen LogP contribution in [0.25, 0.3) is 0 Å². The highest BCUT2D eigenvalue weighted by atomic mass is 16.7. The average Bonchev–Trinajstić information content (AvgIpc) is 3.11. The summed E-state index contributed by atoms with van der Waals surface area (Å²) in [5.74, 6) is 2.20. The lowest BCUT2D eigenvalue weighted by molar-refractivity contribution is -0.114. The molecule has 0 bridgehead atoms. The van der Waals surface area contributed by atoms with Crippen molar-refractivity contribution in [3.63, 3.8) is 0 Å². The predicted molar refractivity (Wildman–Crippen MR) is 103 cm³/mol. The molecule has 0 aliphatic carbocycles. The monoisotopic (exact) mass is 368 g/mol. The Hall–Kier alpha value is -2.73. The summed E-state index contributed by atoms with van der Waals surface area (Å²) >= 11 is 0. The van der Waals surface area contributed by atoms with E-state index in [0.717, 1.165) is 36.6 Å². The van der Waals surface area contributed by atoms with Crippen molar-refractivity contribution in [2.24, 2.45) is 0 Å². The molecule has 142 valence electrons. The third-order valence-corrected chi connectivity index (χ3v) is 5.25. The number of rotatable bonds is 4. The number of ether oxygens (including phenoxy) is 3. The van der Waals surface area contributed by atoms with Crippen LogP contribution in [-0.2, 0) is 17.6 Å². The van der Waals surface area contributed by atoms with Crippen LogP contribution in [0.15, 0.2) is 30.3 Å². The van der Waals surface area contributed by atoms with E-state index in [0.29, 0.717) is 5.75 Å². The maximum atomic E-state index is 11.2. The van der Waals surface area contributed by atoms with Crippen LogP contribution in [0.2, 0.25) is 0 Å². The minimum absolute atomic E-state index is 0.0653. The second kappa shape index (κ2) is 7.12. The van der Waals surface area contributed by atoms with Crippen molar-refractivity contribution in [1.29, 1.82) is 0 Å². The molecule has 2 heterocycles. The van der Waals surface area contributed by atoms with Gasteiger partial charge >= 0.3 is 0 Å². The van der Waals surface area contributed by atoms with E-state index in [2.05, 4.69) is 35.5 Å². The molecule has 0 aromatic heterocycles. The van der Waals surface area contributed by atoms with Gasteiger partial charge in [0.05, 0.1) is 7.11 Å². The van der Waals surface area contributed by atoms with Crippen LogP contribution in [0.1, 0.15) is 29.7 Å². The van der Waals surface area contributed by atoms with Crippen LogP contribution < -0.4 is 19.5 Å². The first-order chi connectivity index (χ1) is 13.1. The van der Waals surface area contributed by atoms with Gasteiger partial charge in [-0.15, -0.1) is 0 Å².